The molecule has 1 aromatic heterocycles. The molecule has 0 aliphatic heterocycles. The molecule has 0 saturated heterocycles. The van der Waals surface area contributed by atoms with Crippen LogP contribution in [-0.4, -0.2) is 18.5 Å². The molecule has 2 rings (SSSR count). The molecule has 0 unspecified atom stereocenters. The number of hydrogen-bond acceptors (Lipinski definition) is 4. The van der Waals surface area contributed by atoms with E-state index >= 15 is 0 Å². The van der Waals surface area contributed by atoms with Gasteiger partial charge in [0.05, 0.1) is 12.2 Å². The largest absolute Gasteiger partial charge is 0.462 e. The lowest BCUT2D eigenvalue weighted by molar-refractivity contribution is -0.116. The first kappa shape index (κ1) is 20.7. The molecular weight excluding hydrogens is 346 g/mol. The Hall–Kier alpha value is -1.62. The number of carbonyl (C=O) groups is 2. The fourth-order valence-corrected chi connectivity index (χ4v) is 4.80. The van der Waals surface area contributed by atoms with Gasteiger partial charge in [0.25, 0.3) is 0 Å². The van der Waals surface area contributed by atoms with E-state index in [1.807, 2.05) is 0 Å². The first-order valence-corrected chi connectivity index (χ1v) is 10.4. The first-order valence-electron chi connectivity index (χ1n) is 9.56. The molecule has 0 saturated carbocycles. The van der Waals surface area contributed by atoms with E-state index < -0.39 is 0 Å². The zero-order valence-corrected chi connectivity index (χ0v) is 17.3. The Morgan fingerprint density at radius 2 is 2.12 bits per heavy atom. The summed E-state index contributed by atoms with van der Waals surface area (Å²) < 4.78 is 5.27. The topological polar surface area (TPSA) is 55.4 Å². The van der Waals surface area contributed by atoms with Crippen molar-refractivity contribution in [3.8, 4) is 0 Å². The summed E-state index contributed by atoms with van der Waals surface area (Å²) >= 11 is 1.55. The van der Waals surface area contributed by atoms with E-state index in [1.54, 1.807) is 24.3 Å². The third-order valence-electron chi connectivity index (χ3n) is 5.59. The van der Waals surface area contributed by atoms with E-state index in [-0.39, 0.29) is 17.3 Å². The van der Waals surface area contributed by atoms with Crippen molar-refractivity contribution in [2.45, 2.75) is 66.2 Å². The molecule has 1 aliphatic rings. The molecule has 1 amide bonds. The highest BCUT2D eigenvalue weighted by atomic mass is 32.1. The van der Waals surface area contributed by atoms with Gasteiger partial charge in [0, 0.05) is 11.3 Å². The van der Waals surface area contributed by atoms with Crippen LogP contribution in [0.15, 0.2) is 12.7 Å². The van der Waals surface area contributed by atoms with Gasteiger partial charge in [0.15, 0.2) is 0 Å². The Morgan fingerprint density at radius 3 is 2.73 bits per heavy atom. The summed E-state index contributed by atoms with van der Waals surface area (Å²) in [6.07, 6.45) is 6.77. The van der Waals surface area contributed by atoms with Gasteiger partial charge in [-0.1, -0.05) is 33.3 Å². The lowest BCUT2D eigenvalue weighted by Gasteiger charge is -2.36. The number of amides is 1. The van der Waals surface area contributed by atoms with Crippen molar-refractivity contribution in [3.05, 3.63) is 28.7 Å². The number of carbonyl (C=O) groups excluding carboxylic acids is 2. The molecule has 0 radical (unpaired) electrons. The maximum absolute atomic E-state index is 12.5. The predicted molar refractivity (Wildman–Crippen MR) is 108 cm³/mol. The Labute approximate surface area is 161 Å². The smallest absolute Gasteiger partial charge is 0.341 e. The SMILES string of the molecule is C=CCCC(=O)Nc1sc2c(c1C(=O)OCC)CC[C@H](C(C)(C)CC)C2. The van der Waals surface area contributed by atoms with Gasteiger partial charge in [-0.3, -0.25) is 4.79 Å². The number of thiophene rings is 1. The average Bonchev–Trinajstić information content (AvgIpc) is 2.96. The zero-order chi connectivity index (χ0) is 19.3. The minimum Gasteiger partial charge on any atom is -0.462 e. The third-order valence-corrected chi connectivity index (χ3v) is 6.76. The highest BCUT2D eigenvalue weighted by molar-refractivity contribution is 7.17. The fraction of sp³-hybridized carbons (Fsp3) is 0.619. The van der Waals surface area contributed by atoms with Crippen molar-refractivity contribution < 1.29 is 14.3 Å². The van der Waals surface area contributed by atoms with E-state index in [9.17, 15) is 9.59 Å². The molecule has 1 atom stereocenters. The molecule has 0 spiro atoms. The minimum absolute atomic E-state index is 0.0838. The highest BCUT2D eigenvalue weighted by Gasteiger charge is 2.35. The molecule has 0 aromatic carbocycles. The normalized spacial score (nSPS) is 16.7. The molecule has 0 bridgehead atoms. The highest BCUT2D eigenvalue weighted by Crippen LogP contribution is 2.45. The number of esters is 1. The van der Waals surface area contributed by atoms with Crippen LogP contribution in [0, 0.1) is 11.3 Å². The monoisotopic (exact) mass is 377 g/mol. The van der Waals surface area contributed by atoms with Crippen LogP contribution in [0.1, 0.15) is 74.2 Å². The Kier molecular flexibility index (Phi) is 7.04. The number of ether oxygens (including phenoxy) is 1. The molecule has 1 aliphatic carbocycles. The predicted octanol–water partition coefficient (Wildman–Crippen LogP) is 5.37. The van der Waals surface area contributed by atoms with Crippen LogP contribution in [-0.2, 0) is 22.4 Å². The van der Waals surface area contributed by atoms with E-state index in [2.05, 4.69) is 32.7 Å². The van der Waals surface area contributed by atoms with E-state index in [4.69, 9.17) is 4.74 Å². The molecule has 0 fully saturated rings. The van der Waals surface area contributed by atoms with Gasteiger partial charge in [-0.25, -0.2) is 4.79 Å². The number of fused-ring (bicyclic) bond motifs is 1. The van der Waals surface area contributed by atoms with Gasteiger partial charge in [-0.15, -0.1) is 17.9 Å². The van der Waals surface area contributed by atoms with Crippen LogP contribution in [0.3, 0.4) is 0 Å². The molecule has 26 heavy (non-hydrogen) atoms. The second-order valence-electron chi connectivity index (χ2n) is 7.59. The van der Waals surface area contributed by atoms with Gasteiger partial charge in [-0.2, -0.15) is 0 Å². The summed E-state index contributed by atoms with van der Waals surface area (Å²) in [6.45, 7) is 12.7. The van der Waals surface area contributed by atoms with Gasteiger partial charge >= 0.3 is 5.97 Å². The van der Waals surface area contributed by atoms with E-state index in [1.165, 1.54) is 4.88 Å². The van der Waals surface area contributed by atoms with Crippen molar-refractivity contribution >= 4 is 28.2 Å². The summed E-state index contributed by atoms with van der Waals surface area (Å²) in [7, 11) is 0. The maximum atomic E-state index is 12.5. The molecular formula is C21H31NO3S. The second kappa shape index (κ2) is 8.85. The Balaban J connectivity index is 2.32. The molecule has 5 heteroatoms. The van der Waals surface area contributed by atoms with Crippen LogP contribution in [0.25, 0.3) is 0 Å². The number of anilines is 1. The molecule has 1 N–H and O–H groups in total. The number of allylic oxidation sites excluding steroid dienone is 1. The summed E-state index contributed by atoms with van der Waals surface area (Å²) in [5.74, 6) is 0.190. The van der Waals surface area contributed by atoms with Gasteiger partial charge in [0.1, 0.15) is 5.00 Å². The number of hydrogen-bond donors (Lipinski definition) is 1. The lowest BCUT2D eigenvalue weighted by Crippen LogP contribution is -2.28. The van der Waals surface area contributed by atoms with Crippen LogP contribution in [0.4, 0.5) is 5.00 Å². The second-order valence-corrected chi connectivity index (χ2v) is 8.69. The van der Waals surface area contributed by atoms with Crippen molar-refractivity contribution in [1.82, 2.24) is 0 Å². The molecule has 1 aromatic rings. The maximum Gasteiger partial charge on any atom is 0.341 e. The minimum atomic E-state index is -0.322. The van der Waals surface area contributed by atoms with E-state index in [0.29, 0.717) is 35.9 Å². The first-order chi connectivity index (χ1) is 12.3. The average molecular weight is 378 g/mol. The van der Waals surface area contributed by atoms with Crippen LogP contribution in [0.2, 0.25) is 0 Å². The Morgan fingerprint density at radius 1 is 1.38 bits per heavy atom. The van der Waals surface area contributed by atoms with Crippen molar-refractivity contribution in [3.63, 3.8) is 0 Å². The fourth-order valence-electron chi connectivity index (χ4n) is 3.47. The van der Waals surface area contributed by atoms with Crippen molar-refractivity contribution in [1.29, 1.82) is 0 Å². The summed E-state index contributed by atoms with van der Waals surface area (Å²) in [5.41, 5.74) is 1.93. The van der Waals surface area contributed by atoms with Crippen LogP contribution in [0.5, 0.6) is 0 Å². The van der Waals surface area contributed by atoms with Crippen molar-refractivity contribution in [2.24, 2.45) is 11.3 Å². The molecule has 1 heterocycles. The quantitative estimate of drug-likeness (QED) is 0.489. The molecule has 144 valence electrons. The number of rotatable bonds is 8. The Bertz CT molecular complexity index is 675. The zero-order valence-electron chi connectivity index (χ0n) is 16.4. The van der Waals surface area contributed by atoms with Gasteiger partial charge < -0.3 is 10.1 Å². The third kappa shape index (κ3) is 4.56. The van der Waals surface area contributed by atoms with Crippen LogP contribution < -0.4 is 5.32 Å². The van der Waals surface area contributed by atoms with Crippen LogP contribution >= 0.6 is 11.3 Å². The van der Waals surface area contributed by atoms with Gasteiger partial charge in [-0.05, 0) is 49.5 Å². The summed E-state index contributed by atoms with van der Waals surface area (Å²) in [5, 5.41) is 3.59. The van der Waals surface area contributed by atoms with Crippen molar-refractivity contribution in [2.75, 3.05) is 11.9 Å². The van der Waals surface area contributed by atoms with Gasteiger partial charge in [0.2, 0.25) is 5.91 Å². The molecule has 4 nitrogen and oxygen atoms in total. The van der Waals surface area contributed by atoms with E-state index in [0.717, 1.165) is 31.2 Å². The summed E-state index contributed by atoms with van der Waals surface area (Å²) in [6, 6.07) is 0. The number of nitrogens with one attached hydrogen (secondary N) is 1. The lowest BCUT2D eigenvalue weighted by atomic mass is 9.69. The summed E-state index contributed by atoms with van der Waals surface area (Å²) in [4.78, 5) is 26.0. The standard InChI is InChI=1S/C21H31NO3S/c1-6-9-10-17(23)22-19-18(20(24)25-8-3)15-12-11-14(13-16(15)26-19)21(4,5)7-2/h6,14H,1,7-13H2,2-5H3,(H,22,23)/t14-/m0/s1.